The van der Waals surface area contributed by atoms with Crippen LogP contribution in [-0.4, -0.2) is 34.9 Å². The van der Waals surface area contributed by atoms with Crippen molar-refractivity contribution in [2.24, 2.45) is 0 Å². The van der Waals surface area contributed by atoms with Gasteiger partial charge < -0.3 is 14.1 Å². The van der Waals surface area contributed by atoms with Crippen molar-refractivity contribution in [3.8, 4) is 0 Å². The molecule has 0 N–H and O–H groups in total. The van der Waals surface area contributed by atoms with Crippen LogP contribution in [0.1, 0.15) is 58.8 Å². The van der Waals surface area contributed by atoms with Gasteiger partial charge in [0.05, 0.1) is 24.2 Å². The average Bonchev–Trinajstić information content (AvgIpc) is 3.14. The maximum absolute atomic E-state index is 13.2. The van der Waals surface area contributed by atoms with Crippen molar-refractivity contribution in [1.82, 2.24) is 9.88 Å². The lowest BCUT2D eigenvalue weighted by molar-refractivity contribution is 0.0590. The molecule has 0 spiro atoms. The Balaban J connectivity index is 1.87. The highest BCUT2D eigenvalue weighted by Crippen LogP contribution is 2.28. The fourth-order valence-electron chi connectivity index (χ4n) is 3.30. The first-order chi connectivity index (χ1) is 13.0. The number of ether oxygens (including phenoxy) is 1. The summed E-state index contributed by atoms with van der Waals surface area (Å²) in [6, 6.07) is 4.88. The van der Waals surface area contributed by atoms with Gasteiger partial charge in [0, 0.05) is 11.1 Å². The quantitative estimate of drug-likeness (QED) is 0.665. The standard InChI is InChI=1S/C19H20Cl2N2O4/c1-26-19(25)16-11-27-17(22-16)10-23(13-5-3-2-4-6-13)18(24)14-8-7-12(20)9-15(14)21/h7-9,11,13H,2-6,10H2,1H3. The van der Waals surface area contributed by atoms with Gasteiger partial charge in [-0.3, -0.25) is 4.79 Å². The molecule has 1 aromatic heterocycles. The molecule has 0 bridgehead atoms. The minimum absolute atomic E-state index is 0.0615. The fourth-order valence-corrected chi connectivity index (χ4v) is 3.79. The Kier molecular flexibility index (Phi) is 6.39. The van der Waals surface area contributed by atoms with Crippen molar-refractivity contribution in [2.45, 2.75) is 44.7 Å². The summed E-state index contributed by atoms with van der Waals surface area (Å²) in [6.07, 6.45) is 6.32. The molecule has 0 aliphatic heterocycles. The van der Waals surface area contributed by atoms with Gasteiger partial charge in [-0.15, -0.1) is 0 Å². The number of amides is 1. The maximum Gasteiger partial charge on any atom is 0.360 e. The molecule has 1 saturated carbocycles. The summed E-state index contributed by atoms with van der Waals surface area (Å²) in [6.45, 7) is 0.152. The lowest BCUT2D eigenvalue weighted by atomic mass is 9.93. The Labute approximate surface area is 167 Å². The number of oxazole rings is 1. The number of esters is 1. The normalized spacial score (nSPS) is 14.8. The summed E-state index contributed by atoms with van der Waals surface area (Å²) in [7, 11) is 1.27. The fraction of sp³-hybridized carbons (Fsp3) is 0.421. The highest BCUT2D eigenvalue weighted by molar-refractivity contribution is 6.36. The van der Waals surface area contributed by atoms with Crippen LogP contribution in [0.4, 0.5) is 0 Å². The maximum atomic E-state index is 13.2. The zero-order chi connectivity index (χ0) is 19.4. The molecule has 1 aliphatic carbocycles. The monoisotopic (exact) mass is 410 g/mol. The lowest BCUT2D eigenvalue weighted by Gasteiger charge is -2.33. The van der Waals surface area contributed by atoms with Crippen LogP contribution in [0, 0.1) is 0 Å². The number of aromatic nitrogens is 1. The number of nitrogens with zero attached hydrogens (tertiary/aromatic N) is 2. The first kappa shape index (κ1) is 19.7. The van der Waals surface area contributed by atoms with Gasteiger partial charge in [-0.2, -0.15) is 0 Å². The van der Waals surface area contributed by atoms with Crippen LogP contribution in [0.3, 0.4) is 0 Å². The van der Waals surface area contributed by atoms with E-state index in [9.17, 15) is 9.59 Å². The molecule has 27 heavy (non-hydrogen) atoms. The molecule has 1 aromatic carbocycles. The van der Waals surface area contributed by atoms with Crippen LogP contribution < -0.4 is 0 Å². The summed E-state index contributed by atoms with van der Waals surface area (Å²) in [5.41, 5.74) is 0.458. The van der Waals surface area contributed by atoms with E-state index in [2.05, 4.69) is 9.72 Å². The predicted molar refractivity (Wildman–Crippen MR) is 101 cm³/mol. The van der Waals surface area contributed by atoms with Gasteiger partial charge in [-0.25, -0.2) is 9.78 Å². The smallest absolute Gasteiger partial charge is 0.360 e. The predicted octanol–water partition coefficient (Wildman–Crippen LogP) is 4.74. The van der Waals surface area contributed by atoms with Crippen LogP contribution in [0.2, 0.25) is 10.0 Å². The molecule has 2 aromatic rings. The van der Waals surface area contributed by atoms with E-state index in [1.807, 2.05) is 0 Å². The molecule has 1 amide bonds. The molecule has 8 heteroatoms. The van der Waals surface area contributed by atoms with E-state index >= 15 is 0 Å². The third-order valence-electron chi connectivity index (χ3n) is 4.69. The van der Waals surface area contributed by atoms with Gasteiger partial charge in [-0.05, 0) is 31.0 Å². The molecule has 0 atom stereocenters. The number of hydrogen-bond acceptors (Lipinski definition) is 5. The first-order valence-electron chi connectivity index (χ1n) is 8.78. The van der Waals surface area contributed by atoms with Crippen molar-refractivity contribution in [3.63, 3.8) is 0 Å². The SMILES string of the molecule is COC(=O)c1coc(CN(C(=O)c2ccc(Cl)cc2Cl)C2CCCCC2)n1. The molecular formula is C19H20Cl2N2O4. The number of halogens is 2. The van der Waals surface area contributed by atoms with Gasteiger partial charge in [-0.1, -0.05) is 42.5 Å². The van der Waals surface area contributed by atoms with Gasteiger partial charge >= 0.3 is 5.97 Å². The van der Waals surface area contributed by atoms with E-state index in [1.165, 1.54) is 13.4 Å². The number of carbonyl (C=O) groups is 2. The largest absolute Gasteiger partial charge is 0.464 e. The summed E-state index contributed by atoms with van der Waals surface area (Å²) < 4.78 is 10.0. The Morgan fingerprint density at radius 3 is 2.67 bits per heavy atom. The zero-order valence-corrected chi connectivity index (χ0v) is 16.4. The number of rotatable bonds is 5. The summed E-state index contributed by atoms with van der Waals surface area (Å²) >= 11 is 12.2. The van der Waals surface area contributed by atoms with Gasteiger partial charge in [0.1, 0.15) is 6.26 Å². The van der Waals surface area contributed by atoms with Crippen molar-refractivity contribution < 1.29 is 18.7 Å². The van der Waals surface area contributed by atoms with Crippen LogP contribution >= 0.6 is 23.2 Å². The molecule has 0 radical (unpaired) electrons. The average molecular weight is 411 g/mol. The second-order valence-corrected chi connectivity index (χ2v) is 7.31. The molecular weight excluding hydrogens is 391 g/mol. The van der Waals surface area contributed by atoms with E-state index in [0.717, 1.165) is 32.1 Å². The number of methoxy groups -OCH3 is 1. The molecule has 144 valence electrons. The molecule has 0 unspecified atom stereocenters. The van der Waals surface area contributed by atoms with Crippen molar-refractivity contribution in [2.75, 3.05) is 7.11 Å². The van der Waals surface area contributed by atoms with E-state index < -0.39 is 5.97 Å². The summed E-state index contributed by atoms with van der Waals surface area (Å²) in [5.74, 6) is -0.512. The van der Waals surface area contributed by atoms with E-state index in [0.29, 0.717) is 15.6 Å². The minimum Gasteiger partial charge on any atom is -0.464 e. The van der Waals surface area contributed by atoms with Crippen molar-refractivity contribution in [3.05, 3.63) is 51.7 Å². The van der Waals surface area contributed by atoms with Gasteiger partial charge in [0.2, 0.25) is 5.89 Å². The minimum atomic E-state index is -0.582. The van der Waals surface area contributed by atoms with E-state index in [1.54, 1.807) is 23.1 Å². The highest BCUT2D eigenvalue weighted by atomic mass is 35.5. The first-order valence-corrected chi connectivity index (χ1v) is 9.54. The number of benzene rings is 1. The second kappa shape index (κ2) is 8.76. The third kappa shape index (κ3) is 4.62. The Bertz CT molecular complexity index is 831. The summed E-state index contributed by atoms with van der Waals surface area (Å²) in [4.78, 5) is 30.7. The van der Waals surface area contributed by atoms with Gasteiger partial charge in [0.15, 0.2) is 5.69 Å². The van der Waals surface area contributed by atoms with Gasteiger partial charge in [0.25, 0.3) is 5.91 Å². The highest BCUT2D eigenvalue weighted by Gasteiger charge is 2.29. The van der Waals surface area contributed by atoms with Crippen LogP contribution in [0.25, 0.3) is 0 Å². The number of carbonyl (C=O) groups excluding carboxylic acids is 2. The summed E-state index contributed by atoms with van der Waals surface area (Å²) in [5, 5.41) is 0.771. The Hall–Kier alpha value is -2.05. The van der Waals surface area contributed by atoms with E-state index in [-0.39, 0.29) is 30.1 Å². The molecule has 1 aliphatic rings. The molecule has 1 heterocycles. The molecule has 3 rings (SSSR count). The van der Waals surface area contributed by atoms with Crippen LogP contribution in [0.5, 0.6) is 0 Å². The van der Waals surface area contributed by atoms with Crippen molar-refractivity contribution in [1.29, 1.82) is 0 Å². The van der Waals surface area contributed by atoms with Crippen LogP contribution in [0.15, 0.2) is 28.9 Å². The van der Waals surface area contributed by atoms with Crippen molar-refractivity contribution >= 4 is 35.1 Å². The van der Waals surface area contributed by atoms with E-state index in [4.69, 9.17) is 27.6 Å². The zero-order valence-electron chi connectivity index (χ0n) is 14.9. The third-order valence-corrected chi connectivity index (χ3v) is 5.24. The molecule has 0 saturated heterocycles. The van der Waals surface area contributed by atoms with Crippen LogP contribution in [-0.2, 0) is 11.3 Å². The second-order valence-electron chi connectivity index (χ2n) is 6.47. The lowest BCUT2D eigenvalue weighted by Crippen LogP contribution is -2.41. The number of hydrogen-bond donors (Lipinski definition) is 0. The Morgan fingerprint density at radius 2 is 2.00 bits per heavy atom. The topological polar surface area (TPSA) is 72.6 Å². The Morgan fingerprint density at radius 1 is 1.26 bits per heavy atom. The molecule has 1 fully saturated rings. The molecule has 6 nitrogen and oxygen atoms in total.